The molecule has 0 spiro atoms. The standard InChI is InChI=1S/C2H3O.Pr/c1-2-3;/h1H3;/q-1;. The van der Waals surface area contributed by atoms with Crippen molar-refractivity contribution in [1.82, 2.24) is 0 Å². The van der Waals surface area contributed by atoms with Crippen molar-refractivity contribution < 1.29 is 46.1 Å². The first-order valence-electron chi connectivity index (χ1n) is 0.704. The summed E-state index contributed by atoms with van der Waals surface area (Å²) in [5.74, 6) is 0. The molecule has 0 heterocycles. The topological polar surface area (TPSA) is 17.1 Å². The van der Waals surface area contributed by atoms with E-state index in [0.29, 0.717) is 0 Å². The van der Waals surface area contributed by atoms with Gasteiger partial charge in [0.2, 0.25) is 0 Å². The molecule has 0 fully saturated rings. The van der Waals surface area contributed by atoms with Crippen LogP contribution in [0.1, 0.15) is 6.92 Å². The Balaban J connectivity index is 0. The van der Waals surface area contributed by atoms with Crippen LogP contribution in [0.5, 0.6) is 0 Å². The van der Waals surface area contributed by atoms with Crippen molar-refractivity contribution in [2.24, 2.45) is 0 Å². The molecule has 0 aliphatic rings. The number of carbonyl (C=O) groups excluding carboxylic acids is 1. The van der Waals surface area contributed by atoms with Crippen LogP contribution in [0.2, 0.25) is 0 Å². The summed E-state index contributed by atoms with van der Waals surface area (Å²) in [5, 5.41) is 0. The fourth-order valence-corrected chi connectivity index (χ4v) is 0. The van der Waals surface area contributed by atoms with Crippen LogP contribution < -0.4 is 0 Å². The van der Waals surface area contributed by atoms with Crippen molar-refractivity contribution >= 4 is 6.29 Å². The molecule has 0 amide bonds. The van der Waals surface area contributed by atoms with Crippen molar-refractivity contribution in [1.29, 1.82) is 0 Å². The summed E-state index contributed by atoms with van der Waals surface area (Å²) in [5.41, 5.74) is 0. The molecule has 0 N–H and O–H groups in total. The minimum Gasteiger partial charge on any atom is -0.542 e. The maximum absolute atomic E-state index is 8.68. The van der Waals surface area contributed by atoms with Crippen molar-refractivity contribution in [2.75, 3.05) is 0 Å². The van der Waals surface area contributed by atoms with Crippen molar-refractivity contribution in [3.8, 4) is 0 Å². The molecule has 0 aliphatic heterocycles. The summed E-state index contributed by atoms with van der Waals surface area (Å²) < 4.78 is 0. The third kappa shape index (κ3) is 11.7. The van der Waals surface area contributed by atoms with Crippen LogP contribution in [0.4, 0.5) is 0 Å². The summed E-state index contributed by atoms with van der Waals surface area (Å²) in [6, 6.07) is 0. The zero-order chi connectivity index (χ0) is 2.71. The molecule has 1 radical (unpaired) electrons. The molecule has 1 nitrogen and oxygen atoms in total. The Labute approximate surface area is 58.7 Å². The van der Waals surface area contributed by atoms with Gasteiger partial charge in [0.25, 0.3) is 0 Å². The van der Waals surface area contributed by atoms with Gasteiger partial charge in [0.1, 0.15) is 0 Å². The van der Waals surface area contributed by atoms with E-state index in [4.69, 9.17) is 4.79 Å². The van der Waals surface area contributed by atoms with Gasteiger partial charge in [0.05, 0.1) is 0 Å². The van der Waals surface area contributed by atoms with Gasteiger partial charge in [-0.2, -0.15) is 6.92 Å². The fourth-order valence-electron chi connectivity index (χ4n) is 0. The van der Waals surface area contributed by atoms with E-state index in [0.717, 1.165) is 0 Å². The van der Waals surface area contributed by atoms with E-state index in [1.165, 1.54) is 13.2 Å². The van der Waals surface area contributed by atoms with Gasteiger partial charge in [-0.15, -0.1) is 0 Å². The molecular weight excluding hydrogens is 181 g/mol. The van der Waals surface area contributed by atoms with E-state index >= 15 is 0 Å². The van der Waals surface area contributed by atoms with Crippen LogP contribution >= 0.6 is 0 Å². The smallest absolute Gasteiger partial charge is 0 e. The van der Waals surface area contributed by atoms with E-state index in [9.17, 15) is 0 Å². The Hall–Kier alpha value is 1.03. The monoisotopic (exact) mass is 184 g/mol. The normalized spacial score (nSPS) is 3.25. The molecule has 0 bridgehead atoms. The quantitative estimate of drug-likeness (QED) is 0.488. The van der Waals surface area contributed by atoms with E-state index in [1.54, 1.807) is 0 Å². The molecule has 2 heteroatoms. The Kier molecular flexibility index (Phi) is 20.0. The second-order valence-electron chi connectivity index (χ2n) is 0.204. The molecule has 0 aromatic carbocycles. The van der Waals surface area contributed by atoms with Gasteiger partial charge in [0, 0.05) is 41.3 Å². The number of rotatable bonds is 0. The van der Waals surface area contributed by atoms with Crippen LogP contribution in [0, 0.1) is 41.3 Å². The molecule has 0 saturated heterocycles. The van der Waals surface area contributed by atoms with Crippen LogP contribution in [-0.4, -0.2) is 6.29 Å². The third-order valence-electron chi connectivity index (χ3n) is 0. The summed E-state index contributed by atoms with van der Waals surface area (Å²) in [6.07, 6.45) is 1.50. The van der Waals surface area contributed by atoms with Gasteiger partial charge in [-0.25, -0.2) is 0 Å². The Morgan fingerprint density at radius 2 is 1.75 bits per heavy atom. The van der Waals surface area contributed by atoms with Gasteiger partial charge >= 0.3 is 0 Å². The summed E-state index contributed by atoms with van der Waals surface area (Å²) in [7, 11) is 0. The molecule has 0 aromatic heterocycles. The number of hydrogen-bond acceptors (Lipinski definition) is 1. The van der Waals surface area contributed by atoms with Gasteiger partial charge in [-0.05, 0) is 0 Å². The minimum absolute atomic E-state index is 0. The van der Waals surface area contributed by atoms with Crippen LogP contribution in [0.15, 0.2) is 0 Å². The fraction of sp³-hybridized carbons (Fsp3) is 0.500. The molecule has 0 unspecified atom stereocenters. The average Bonchev–Trinajstić information content (AvgIpc) is 0.918. The van der Waals surface area contributed by atoms with Crippen molar-refractivity contribution in [3.05, 3.63) is 0 Å². The maximum atomic E-state index is 8.68. The second-order valence-corrected chi connectivity index (χ2v) is 0.204. The largest absolute Gasteiger partial charge is 0.542 e. The van der Waals surface area contributed by atoms with Crippen LogP contribution in [0.25, 0.3) is 0 Å². The molecule has 0 saturated carbocycles. The molecular formula is C2H3OPr-. The van der Waals surface area contributed by atoms with Crippen LogP contribution in [0.3, 0.4) is 0 Å². The molecule has 4 heavy (non-hydrogen) atoms. The third-order valence-corrected chi connectivity index (χ3v) is 0. The molecule has 0 aromatic rings. The zero-order valence-electron chi connectivity index (χ0n) is 2.49. The Morgan fingerprint density at radius 3 is 1.75 bits per heavy atom. The van der Waals surface area contributed by atoms with Gasteiger partial charge in [-0.3, -0.25) is 6.29 Å². The van der Waals surface area contributed by atoms with E-state index in [1.807, 2.05) is 0 Å². The van der Waals surface area contributed by atoms with E-state index in [2.05, 4.69) is 0 Å². The summed E-state index contributed by atoms with van der Waals surface area (Å²) in [4.78, 5) is 8.68. The molecule has 21 valence electrons. The van der Waals surface area contributed by atoms with Crippen molar-refractivity contribution in [3.63, 3.8) is 0 Å². The SMILES string of the molecule is C[C-]=O.[Pr]. The molecule has 0 aliphatic carbocycles. The van der Waals surface area contributed by atoms with Gasteiger partial charge in [-0.1, -0.05) is 0 Å². The second kappa shape index (κ2) is 8.98. The van der Waals surface area contributed by atoms with E-state index < -0.39 is 0 Å². The van der Waals surface area contributed by atoms with E-state index in [-0.39, 0.29) is 41.3 Å². The van der Waals surface area contributed by atoms with Crippen molar-refractivity contribution in [2.45, 2.75) is 6.92 Å². The molecule has 0 atom stereocenters. The Bertz CT molecular complexity index is 13.5. The predicted molar refractivity (Wildman–Crippen MR) is 11.4 cm³/mol. The first-order chi connectivity index (χ1) is 1.41. The zero-order valence-corrected chi connectivity index (χ0v) is 6.19. The summed E-state index contributed by atoms with van der Waals surface area (Å²) >= 11 is 0. The van der Waals surface area contributed by atoms with Crippen LogP contribution in [-0.2, 0) is 4.79 Å². The maximum Gasteiger partial charge on any atom is 0 e. The Morgan fingerprint density at radius 1 is 1.75 bits per heavy atom. The minimum atomic E-state index is 0. The predicted octanol–water partition coefficient (Wildman–Crippen LogP) is 0.116. The number of hydrogen-bond donors (Lipinski definition) is 0. The summed E-state index contributed by atoms with van der Waals surface area (Å²) in [6.45, 7) is 1.32. The average molecular weight is 184 g/mol. The van der Waals surface area contributed by atoms with Gasteiger partial charge in [0.15, 0.2) is 0 Å². The molecule has 0 rings (SSSR count). The first-order valence-corrected chi connectivity index (χ1v) is 0.704. The first kappa shape index (κ1) is 8.90. The van der Waals surface area contributed by atoms with Gasteiger partial charge < -0.3 is 4.79 Å².